The van der Waals surface area contributed by atoms with Crippen LogP contribution in [0.3, 0.4) is 0 Å². The molecule has 1 fully saturated rings. The zero-order chi connectivity index (χ0) is 14.4. The van der Waals surface area contributed by atoms with Crippen molar-refractivity contribution in [2.45, 2.75) is 25.5 Å². The standard InChI is InChI=1S/C14H19F2NO2S/c1-18-12-3-2-10(8-13(12)19-14(15)16)4-6-17-11-5-7-20-9-11/h2-3,8,11,14,17H,4-7,9H2,1H3. The smallest absolute Gasteiger partial charge is 0.387 e. The van der Waals surface area contributed by atoms with Crippen molar-refractivity contribution in [2.24, 2.45) is 0 Å². The monoisotopic (exact) mass is 303 g/mol. The van der Waals surface area contributed by atoms with Gasteiger partial charge in [0.25, 0.3) is 0 Å². The molecular weight excluding hydrogens is 284 g/mol. The van der Waals surface area contributed by atoms with E-state index in [9.17, 15) is 8.78 Å². The highest BCUT2D eigenvalue weighted by molar-refractivity contribution is 7.99. The summed E-state index contributed by atoms with van der Waals surface area (Å²) >= 11 is 1.96. The molecule has 1 aromatic carbocycles. The Kier molecular flexibility index (Phi) is 5.91. The number of rotatable bonds is 7. The number of hydrogen-bond acceptors (Lipinski definition) is 4. The fourth-order valence-corrected chi connectivity index (χ4v) is 3.37. The third-order valence-electron chi connectivity index (χ3n) is 3.22. The third-order valence-corrected chi connectivity index (χ3v) is 4.38. The molecule has 3 nitrogen and oxygen atoms in total. The van der Waals surface area contributed by atoms with E-state index in [0.717, 1.165) is 24.3 Å². The number of hydrogen-bond donors (Lipinski definition) is 1. The summed E-state index contributed by atoms with van der Waals surface area (Å²) in [6.07, 6.45) is 1.98. The van der Waals surface area contributed by atoms with E-state index in [1.807, 2.05) is 17.8 Å². The van der Waals surface area contributed by atoms with Crippen molar-refractivity contribution in [1.29, 1.82) is 0 Å². The number of ether oxygens (including phenoxy) is 2. The maximum atomic E-state index is 12.3. The average Bonchev–Trinajstić information content (AvgIpc) is 2.91. The number of nitrogens with one attached hydrogen (secondary N) is 1. The lowest BCUT2D eigenvalue weighted by Crippen LogP contribution is -2.30. The molecule has 0 spiro atoms. The minimum atomic E-state index is -2.84. The fourth-order valence-electron chi connectivity index (χ4n) is 2.18. The van der Waals surface area contributed by atoms with Gasteiger partial charge in [0.1, 0.15) is 0 Å². The first-order valence-corrected chi connectivity index (χ1v) is 7.77. The highest BCUT2D eigenvalue weighted by Crippen LogP contribution is 2.29. The zero-order valence-electron chi connectivity index (χ0n) is 11.4. The van der Waals surface area contributed by atoms with Crippen molar-refractivity contribution in [1.82, 2.24) is 5.32 Å². The van der Waals surface area contributed by atoms with Crippen LogP contribution < -0.4 is 14.8 Å². The molecule has 0 saturated carbocycles. The first-order valence-electron chi connectivity index (χ1n) is 6.62. The second-order valence-electron chi connectivity index (χ2n) is 4.63. The quantitative estimate of drug-likeness (QED) is 0.839. The molecule has 0 aliphatic carbocycles. The lowest BCUT2D eigenvalue weighted by Gasteiger charge is -2.13. The molecule has 2 rings (SSSR count). The Morgan fingerprint density at radius 3 is 2.90 bits per heavy atom. The molecule has 112 valence electrons. The largest absolute Gasteiger partial charge is 0.493 e. The number of alkyl halides is 2. The van der Waals surface area contributed by atoms with Crippen LogP contribution in [0.4, 0.5) is 8.78 Å². The Morgan fingerprint density at radius 2 is 2.25 bits per heavy atom. The maximum absolute atomic E-state index is 12.3. The van der Waals surface area contributed by atoms with Gasteiger partial charge in [0.05, 0.1) is 7.11 Å². The van der Waals surface area contributed by atoms with Crippen LogP contribution in [-0.2, 0) is 6.42 Å². The molecular formula is C14H19F2NO2S. The van der Waals surface area contributed by atoms with Crippen LogP contribution in [0.25, 0.3) is 0 Å². The predicted octanol–water partition coefficient (Wildman–Crippen LogP) is 2.93. The summed E-state index contributed by atoms with van der Waals surface area (Å²) in [5.74, 6) is 2.79. The summed E-state index contributed by atoms with van der Waals surface area (Å²) < 4.78 is 34.1. The summed E-state index contributed by atoms with van der Waals surface area (Å²) in [7, 11) is 1.44. The van der Waals surface area contributed by atoms with E-state index in [-0.39, 0.29) is 5.75 Å². The topological polar surface area (TPSA) is 30.5 Å². The van der Waals surface area contributed by atoms with Crippen LogP contribution in [0.15, 0.2) is 18.2 Å². The van der Waals surface area contributed by atoms with Crippen molar-refractivity contribution >= 4 is 11.8 Å². The molecule has 0 bridgehead atoms. The van der Waals surface area contributed by atoms with Gasteiger partial charge in [-0.05, 0) is 42.8 Å². The first kappa shape index (κ1) is 15.4. The van der Waals surface area contributed by atoms with Gasteiger partial charge >= 0.3 is 6.61 Å². The molecule has 1 aliphatic heterocycles. The predicted molar refractivity (Wildman–Crippen MR) is 77.1 cm³/mol. The van der Waals surface area contributed by atoms with E-state index in [1.54, 1.807) is 12.1 Å². The SMILES string of the molecule is COc1ccc(CCNC2CCSC2)cc1OC(F)F. The van der Waals surface area contributed by atoms with Crippen molar-refractivity contribution < 1.29 is 18.3 Å². The lowest BCUT2D eigenvalue weighted by molar-refractivity contribution is -0.0512. The molecule has 1 aromatic rings. The molecule has 1 heterocycles. The number of benzene rings is 1. The van der Waals surface area contributed by atoms with E-state index in [4.69, 9.17) is 4.74 Å². The van der Waals surface area contributed by atoms with Gasteiger partial charge < -0.3 is 14.8 Å². The molecule has 0 aromatic heterocycles. The van der Waals surface area contributed by atoms with Crippen LogP contribution in [-0.4, -0.2) is 37.8 Å². The first-order chi connectivity index (χ1) is 9.69. The van der Waals surface area contributed by atoms with Crippen molar-refractivity contribution in [3.8, 4) is 11.5 Å². The molecule has 6 heteroatoms. The Hall–Kier alpha value is -1.01. The van der Waals surface area contributed by atoms with Gasteiger partial charge in [-0.15, -0.1) is 0 Å². The van der Waals surface area contributed by atoms with Gasteiger partial charge in [0.2, 0.25) is 0 Å². The van der Waals surface area contributed by atoms with Crippen LogP contribution >= 0.6 is 11.8 Å². The van der Waals surface area contributed by atoms with Gasteiger partial charge in [-0.1, -0.05) is 6.07 Å². The molecule has 1 saturated heterocycles. The molecule has 1 atom stereocenters. The minimum absolute atomic E-state index is 0.0939. The average molecular weight is 303 g/mol. The van der Waals surface area contributed by atoms with Crippen molar-refractivity contribution in [2.75, 3.05) is 25.2 Å². The van der Waals surface area contributed by atoms with E-state index < -0.39 is 6.61 Å². The summed E-state index contributed by atoms with van der Waals surface area (Å²) in [5, 5.41) is 3.48. The van der Waals surface area contributed by atoms with Crippen LogP contribution in [0, 0.1) is 0 Å². The molecule has 0 radical (unpaired) electrons. The molecule has 20 heavy (non-hydrogen) atoms. The normalized spacial score (nSPS) is 18.5. The fraction of sp³-hybridized carbons (Fsp3) is 0.571. The Morgan fingerprint density at radius 1 is 1.40 bits per heavy atom. The molecule has 1 aliphatic rings. The Labute approximate surface area is 122 Å². The van der Waals surface area contributed by atoms with Gasteiger partial charge in [-0.3, -0.25) is 0 Å². The zero-order valence-corrected chi connectivity index (χ0v) is 12.2. The van der Waals surface area contributed by atoms with Crippen LogP contribution in [0.1, 0.15) is 12.0 Å². The van der Waals surface area contributed by atoms with Gasteiger partial charge in [-0.25, -0.2) is 0 Å². The lowest BCUT2D eigenvalue weighted by atomic mass is 10.1. The molecule has 1 unspecified atom stereocenters. The second-order valence-corrected chi connectivity index (χ2v) is 5.78. The third kappa shape index (κ3) is 4.52. The number of methoxy groups -OCH3 is 1. The minimum Gasteiger partial charge on any atom is -0.493 e. The van der Waals surface area contributed by atoms with E-state index in [0.29, 0.717) is 11.8 Å². The number of halogens is 2. The molecule has 0 amide bonds. The summed E-state index contributed by atoms with van der Waals surface area (Å²) in [6, 6.07) is 5.74. The van der Waals surface area contributed by atoms with Gasteiger partial charge in [0, 0.05) is 11.8 Å². The summed E-state index contributed by atoms with van der Waals surface area (Å²) in [4.78, 5) is 0. The van der Waals surface area contributed by atoms with E-state index in [1.165, 1.54) is 19.3 Å². The van der Waals surface area contributed by atoms with Crippen molar-refractivity contribution in [3.63, 3.8) is 0 Å². The summed E-state index contributed by atoms with van der Waals surface area (Å²) in [6.45, 7) is -2.00. The highest BCUT2D eigenvalue weighted by atomic mass is 32.2. The van der Waals surface area contributed by atoms with Crippen molar-refractivity contribution in [3.05, 3.63) is 23.8 Å². The number of thioether (sulfide) groups is 1. The van der Waals surface area contributed by atoms with Crippen LogP contribution in [0.5, 0.6) is 11.5 Å². The Balaban J connectivity index is 1.90. The Bertz CT molecular complexity index is 426. The molecule has 1 N–H and O–H groups in total. The van der Waals surface area contributed by atoms with Gasteiger partial charge in [0.15, 0.2) is 11.5 Å². The van der Waals surface area contributed by atoms with Gasteiger partial charge in [-0.2, -0.15) is 20.5 Å². The van der Waals surface area contributed by atoms with Crippen LogP contribution in [0.2, 0.25) is 0 Å². The second kappa shape index (κ2) is 7.69. The maximum Gasteiger partial charge on any atom is 0.387 e. The highest BCUT2D eigenvalue weighted by Gasteiger charge is 2.15. The summed E-state index contributed by atoms with van der Waals surface area (Å²) in [5.41, 5.74) is 0.958. The van der Waals surface area contributed by atoms with E-state index >= 15 is 0 Å². The van der Waals surface area contributed by atoms with E-state index in [2.05, 4.69) is 10.1 Å².